The average Bonchev–Trinajstić information content (AvgIpc) is 2.97. The van der Waals surface area contributed by atoms with E-state index in [9.17, 15) is 13.2 Å². The summed E-state index contributed by atoms with van der Waals surface area (Å²) >= 11 is 0. The number of rotatable bonds is 5. The first kappa shape index (κ1) is 15.0. The Morgan fingerprint density at radius 2 is 2.30 bits per heavy atom. The molecule has 8 heteroatoms. The molecule has 0 saturated carbocycles. The van der Waals surface area contributed by atoms with Gasteiger partial charge in [-0.25, -0.2) is 13.4 Å². The third-order valence-electron chi connectivity index (χ3n) is 3.43. The zero-order valence-corrected chi connectivity index (χ0v) is 12.6. The van der Waals surface area contributed by atoms with E-state index in [0.717, 1.165) is 12.8 Å². The standard InChI is InChI=1S/C12H20N4O3S/c1-10(17)13-6-5-11-4-3-7-16(11)20(18,19)12-8-15(2)9-14-12/h8-9,11H,3-7H2,1-2H3,(H,13,17)/t11-/m1/s1. The fraction of sp³-hybridized carbons (Fsp3) is 0.667. The van der Waals surface area contributed by atoms with Crippen molar-refractivity contribution in [1.82, 2.24) is 19.2 Å². The number of amides is 1. The summed E-state index contributed by atoms with van der Waals surface area (Å²) in [5.74, 6) is -0.0952. The lowest BCUT2D eigenvalue weighted by molar-refractivity contribution is -0.118. The van der Waals surface area contributed by atoms with Crippen molar-refractivity contribution in [3.63, 3.8) is 0 Å². The normalized spacial score (nSPS) is 20.2. The first-order valence-electron chi connectivity index (χ1n) is 6.65. The summed E-state index contributed by atoms with van der Waals surface area (Å²) in [5.41, 5.74) is 0. The van der Waals surface area contributed by atoms with Crippen molar-refractivity contribution >= 4 is 15.9 Å². The van der Waals surface area contributed by atoms with Crippen LogP contribution in [0.4, 0.5) is 0 Å². The number of imidazole rings is 1. The number of carbonyl (C=O) groups excluding carboxylic acids is 1. The molecule has 1 aromatic rings. The monoisotopic (exact) mass is 300 g/mol. The third-order valence-corrected chi connectivity index (χ3v) is 5.27. The molecule has 2 rings (SSSR count). The van der Waals surface area contributed by atoms with Gasteiger partial charge in [0.2, 0.25) is 5.91 Å². The molecule has 1 N–H and O–H groups in total. The summed E-state index contributed by atoms with van der Waals surface area (Å²) in [5, 5.41) is 2.80. The minimum atomic E-state index is -3.53. The Bertz CT molecular complexity index is 581. The van der Waals surface area contributed by atoms with Crippen LogP contribution in [0.15, 0.2) is 17.6 Å². The Morgan fingerprint density at radius 1 is 1.55 bits per heavy atom. The van der Waals surface area contributed by atoms with Gasteiger partial charge < -0.3 is 9.88 Å². The predicted octanol–water partition coefficient (Wildman–Crippen LogP) is 0.0994. The number of hydrogen-bond donors (Lipinski definition) is 1. The lowest BCUT2D eigenvalue weighted by atomic mass is 10.1. The van der Waals surface area contributed by atoms with Gasteiger partial charge >= 0.3 is 0 Å². The molecular weight excluding hydrogens is 280 g/mol. The smallest absolute Gasteiger partial charge is 0.262 e. The molecule has 0 aromatic carbocycles. The third kappa shape index (κ3) is 3.18. The molecule has 2 heterocycles. The molecule has 20 heavy (non-hydrogen) atoms. The number of hydrogen-bond acceptors (Lipinski definition) is 4. The molecule has 1 aliphatic rings. The molecule has 0 spiro atoms. The summed E-state index contributed by atoms with van der Waals surface area (Å²) in [6.07, 6.45) is 5.29. The summed E-state index contributed by atoms with van der Waals surface area (Å²) in [4.78, 5) is 14.8. The number of aromatic nitrogens is 2. The summed E-state index contributed by atoms with van der Waals surface area (Å²) < 4.78 is 28.2. The minimum Gasteiger partial charge on any atom is -0.356 e. The van der Waals surface area contributed by atoms with Crippen LogP contribution in [0.5, 0.6) is 0 Å². The molecule has 0 bridgehead atoms. The molecule has 1 amide bonds. The number of aryl methyl sites for hydroxylation is 1. The maximum atomic E-state index is 12.5. The van der Waals surface area contributed by atoms with E-state index in [1.165, 1.54) is 23.8 Å². The average molecular weight is 300 g/mol. The van der Waals surface area contributed by atoms with Gasteiger partial charge in [-0.2, -0.15) is 4.31 Å². The zero-order valence-electron chi connectivity index (χ0n) is 11.7. The molecule has 0 radical (unpaired) electrons. The van der Waals surface area contributed by atoms with Crippen molar-refractivity contribution in [3.05, 3.63) is 12.5 Å². The lowest BCUT2D eigenvalue weighted by Crippen LogP contribution is -2.38. The Labute approximate surface area is 119 Å². The number of nitrogens with one attached hydrogen (secondary N) is 1. The first-order chi connectivity index (χ1) is 9.41. The molecule has 1 fully saturated rings. The highest BCUT2D eigenvalue weighted by atomic mass is 32.2. The number of nitrogens with zero attached hydrogens (tertiary/aromatic N) is 3. The molecule has 0 aliphatic carbocycles. The van der Waals surface area contributed by atoms with Crippen molar-refractivity contribution in [1.29, 1.82) is 0 Å². The van der Waals surface area contributed by atoms with Crippen LogP contribution in [0, 0.1) is 0 Å². The Hall–Kier alpha value is -1.41. The van der Waals surface area contributed by atoms with E-state index < -0.39 is 10.0 Å². The van der Waals surface area contributed by atoms with E-state index in [1.807, 2.05) is 0 Å². The van der Waals surface area contributed by atoms with Crippen molar-refractivity contribution < 1.29 is 13.2 Å². The Balaban J connectivity index is 2.08. The highest BCUT2D eigenvalue weighted by Gasteiger charge is 2.36. The SMILES string of the molecule is CC(=O)NCC[C@H]1CCCN1S(=O)(=O)c1cn(C)cn1. The van der Waals surface area contributed by atoms with Crippen LogP contribution < -0.4 is 5.32 Å². The largest absolute Gasteiger partial charge is 0.356 e. The first-order valence-corrected chi connectivity index (χ1v) is 8.09. The molecular formula is C12H20N4O3S. The number of carbonyl (C=O) groups is 1. The second kappa shape index (κ2) is 5.92. The zero-order chi connectivity index (χ0) is 14.8. The van der Waals surface area contributed by atoms with Crippen molar-refractivity contribution in [3.8, 4) is 0 Å². The molecule has 0 unspecified atom stereocenters. The maximum Gasteiger partial charge on any atom is 0.262 e. The van der Waals surface area contributed by atoms with Crippen molar-refractivity contribution in [2.24, 2.45) is 7.05 Å². The summed E-state index contributed by atoms with van der Waals surface area (Å²) in [6, 6.07) is -0.0612. The van der Waals surface area contributed by atoms with Crippen LogP contribution in [0.25, 0.3) is 0 Å². The van der Waals surface area contributed by atoms with Crippen LogP contribution in [-0.2, 0) is 21.9 Å². The highest BCUT2D eigenvalue weighted by Crippen LogP contribution is 2.26. The van der Waals surface area contributed by atoms with Gasteiger partial charge in [-0.3, -0.25) is 4.79 Å². The van der Waals surface area contributed by atoms with Crippen molar-refractivity contribution in [2.75, 3.05) is 13.1 Å². The number of sulfonamides is 1. The molecule has 112 valence electrons. The van der Waals surface area contributed by atoms with Gasteiger partial charge in [0, 0.05) is 39.3 Å². The van der Waals surface area contributed by atoms with Gasteiger partial charge in [0.15, 0.2) is 5.03 Å². The van der Waals surface area contributed by atoms with E-state index in [4.69, 9.17) is 0 Å². The fourth-order valence-electron chi connectivity index (χ4n) is 2.47. The van der Waals surface area contributed by atoms with Gasteiger partial charge in [-0.15, -0.1) is 0 Å². The molecule has 7 nitrogen and oxygen atoms in total. The van der Waals surface area contributed by atoms with E-state index in [0.29, 0.717) is 19.5 Å². The second-order valence-corrected chi connectivity index (χ2v) is 6.90. The molecule has 1 aliphatic heterocycles. The topological polar surface area (TPSA) is 84.3 Å². The van der Waals surface area contributed by atoms with Gasteiger partial charge in [0.05, 0.1) is 6.33 Å². The second-order valence-electron chi connectivity index (χ2n) is 5.06. The van der Waals surface area contributed by atoms with Crippen LogP contribution >= 0.6 is 0 Å². The lowest BCUT2D eigenvalue weighted by Gasteiger charge is -2.23. The van der Waals surface area contributed by atoms with E-state index in [-0.39, 0.29) is 17.0 Å². The van der Waals surface area contributed by atoms with Crippen molar-refractivity contribution in [2.45, 2.75) is 37.3 Å². The van der Waals surface area contributed by atoms with Crippen LogP contribution in [0.1, 0.15) is 26.2 Å². The van der Waals surface area contributed by atoms with E-state index in [2.05, 4.69) is 10.3 Å². The van der Waals surface area contributed by atoms with Gasteiger partial charge in [0.25, 0.3) is 10.0 Å². The predicted molar refractivity (Wildman–Crippen MR) is 73.4 cm³/mol. The van der Waals surface area contributed by atoms with E-state index in [1.54, 1.807) is 11.6 Å². The van der Waals surface area contributed by atoms with Gasteiger partial charge in [0.1, 0.15) is 0 Å². The summed E-state index contributed by atoms with van der Waals surface area (Å²) in [6.45, 7) is 2.47. The fourth-order valence-corrected chi connectivity index (χ4v) is 4.16. The van der Waals surface area contributed by atoms with Crippen LogP contribution in [0.2, 0.25) is 0 Å². The van der Waals surface area contributed by atoms with E-state index >= 15 is 0 Å². The van der Waals surface area contributed by atoms with Crippen LogP contribution in [0.3, 0.4) is 0 Å². The van der Waals surface area contributed by atoms with Crippen LogP contribution in [-0.4, -0.2) is 47.3 Å². The molecule has 1 saturated heterocycles. The highest BCUT2D eigenvalue weighted by molar-refractivity contribution is 7.89. The van der Waals surface area contributed by atoms with Gasteiger partial charge in [-0.05, 0) is 19.3 Å². The summed E-state index contributed by atoms with van der Waals surface area (Å²) in [7, 11) is -1.79. The quantitative estimate of drug-likeness (QED) is 0.836. The maximum absolute atomic E-state index is 12.5. The molecule has 1 aromatic heterocycles. The Morgan fingerprint density at radius 3 is 2.90 bits per heavy atom. The van der Waals surface area contributed by atoms with Gasteiger partial charge in [-0.1, -0.05) is 0 Å². The minimum absolute atomic E-state index is 0.0612. The molecule has 1 atom stereocenters. The Kier molecular flexibility index (Phi) is 4.44.